The molecule has 0 spiro atoms. The van der Waals surface area contributed by atoms with E-state index in [1.54, 1.807) is 24.3 Å². The summed E-state index contributed by atoms with van der Waals surface area (Å²) < 4.78 is 10.6. The van der Waals surface area contributed by atoms with E-state index in [0.29, 0.717) is 23.6 Å². The lowest BCUT2D eigenvalue weighted by atomic mass is 10.0. The molecule has 0 bridgehead atoms. The number of aromatic nitrogens is 1. The van der Waals surface area contributed by atoms with Gasteiger partial charge in [-0.05, 0) is 19.5 Å². The lowest BCUT2D eigenvalue weighted by molar-refractivity contribution is -0.158. The number of likely N-dealkylation sites (N-methyl/N-ethyl adjacent to an activating group) is 1. The van der Waals surface area contributed by atoms with Gasteiger partial charge < -0.3 is 19.2 Å². The maximum absolute atomic E-state index is 12.2. The van der Waals surface area contributed by atoms with E-state index in [1.165, 1.54) is 12.5 Å². The Hall–Kier alpha value is -2.18. The summed E-state index contributed by atoms with van der Waals surface area (Å²) in [5, 5.41) is 10.3. The van der Waals surface area contributed by atoms with Crippen LogP contribution in [0.1, 0.15) is 18.1 Å². The van der Waals surface area contributed by atoms with Crippen molar-refractivity contribution in [3.05, 3.63) is 42.3 Å². The molecule has 1 saturated heterocycles. The number of rotatable bonds is 4. The van der Waals surface area contributed by atoms with Crippen LogP contribution in [0.4, 0.5) is 0 Å². The Labute approximate surface area is 128 Å². The molecule has 1 N–H and O–H groups in total. The van der Waals surface area contributed by atoms with Gasteiger partial charge in [-0.3, -0.25) is 0 Å². The summed E-state index contributed by atoms with van der Waals surface area (Å²) in [6.45, 7) is 1.58. The molecule has 6 heteroatoms. The smallest absolute Gasteiger partial charge is 0.339 e. The SMILES string of the molecule is CN1CC[C@@H](OC(=O)C(O)c2ccccc2-c2ncco2)C1. The van der Waals surface area contributed by atoms with Crippen LogP contribution in [0.2, 0.25) is 0 Å². The number of aliphatic hydroxyl groups is 1. The van der Waals surface area contributed by atoms with Crippen LogP contribution in [0.5, 0.6) is 0 Å². The topological polar surface area (TPSA) is 75.8 Å². The summed E-state index contributed by atoms with van der Waals surface area (Å²) >= 11 is 0. The van der Waals surface area contributed by atoms with Crippen LogP contribution in [0.25, 0.3) is 11.5 Å². The number of ether oxygens (including phenoxy) is 1. The minimum absolute atomic E-state index is 0.166. The van der Waals surface area contributed by atoms with Gasteiger partial charge in [-0.1, -0.05) is 18.2 Å². The first-order valence-electron chi connectivity index (χ1n) is 7.21. The normalized spacial score (nSPS) is 20.0. The maximum Gasteiger partial charge on any atom is 0.339 e. The molecule has 2 atom stereocenters. The molecule has 2 aromatic rings. The molecule has 0 radical (unpaired) electrons. The third kappa shape index (κ3) is 3.03. The van der Waals surface area contributed by atoms with Gasteiger partial charge >= 0.3 is 5.97 Å². The van der Waals surface area contributed by atoms with Crippen LogP contribution in [-0.4, -0.2) is 47.2 Å². The monoisotopic (exact) mass is 302 g/mol. The van der Waals surface area contributed by atoms with Gasteiger partial charge in [0.05, 0.1) is 6.20 Å². The van der Waals surface area contributed by atoms with Crippen molar-refractivity contribution in [1.29, 1.82) is 0 Å². The second-order valence-corrected chi connectivity index (χ2v) is 5.44. The Morgan fingerprint density at radius 3 is 3.00 bits per heavy atom. The zero-order valence-electron chi connectivity index (χ0n) is 12.3. The summed E-state index contributed by atoms with van der Waals surface area (Å²) in [4.78, 5) is 18.3. The predicted octanol–water partition coefficient (Wildman–Crippen LogP) is 1.62. The molecule has 0 amide bonds. The molecule has 22 heavy (non-hydrogen) atoms. The predicted molar refractivity (Wildman–Crippen MR) is 78.9 cm³/mol. The van der Waals surface area contributed by atoms with Crippen molar-refractivity contribution in [3.8, 4) is 11.5 Å². The van der Waals surface area contributed by atoms with Crippen molar-refractivity contribution in [1.82, 2.24) is 9.88 Å². The lowest BCUT2D eigenvalue weighted by Gasteiger charge is -2.17. The maximum atomic E-state index is 12.2. The zero-order valence-corrected chi connectivity index (χ0v) is 12.3. The van der Waals surface area contributed by atoms with Crippen LogP contribution >= 0.6 is 0 Å². The van der Waals surface area contributed by atoms with Crippen molar-refractivity contribution in [2.75, 3.05) is 20.1 Å². The highest BCUT2D eigenvalue weighted by Gasteiger charge is 2.29. The Morgan fingerprint density at radius 1 is 1.50 bits per heavy atom. The number of oxazole rings is 1. The molecule has 0 aliphatic carbocycles. The van der Waals surface area contributed by atoms with E-state index in [9.17, 15) is 9.90 Å². The molecular weight excluding hydrogens is 284 g/mol. The number of hydrogen-bond donors (Lipinski definition) is 1. The van der Waals surface area contributed by atoms with Crippen LogP contribution in [-0.2, 0) is 9.53 Å². The van der Waals surface area contributed by atoms with E-state index >= 15 is 0 Å². The number of esters is 1. The van der Waals surface area contributed by atoms with Gasteiger partial charge in [0.25, 0.3) is 0 Å². The van der Waals surface area contributed by atoms with E-state index in [1.807, 2.05) is 7.05 Å². The second kappa shape index (κ2) is 6.29. The van der Waals surface area contributed by atoms with E-state index in [0.717, 1.165) is 13.0 Å². The third-order valence-corrected chi connectivity index (χ3v) is 3.77. The highest BCUT2D eigenvalue weighted by molar-refractivity contribution is 5.79. The molecule has 1 aromatic carbocycles. The number of carbonyl (C=O) groups is 1. The number of aliphatic hydroxyl groups excluding tert-OH is 1. The van der Waals surface area contributed by atoms with Crippen LogP contribution in [0, 0.1) is 0 Å². The molecule has 1 aromatic heterocycles. The van der Waals surface area contributed by atoms with Gasteiger partial charge in [-0.2, -0.15) is 0 Å². The number of hydrogen-bond acceptors (Lipinski definition) is 6. The fourth-order valence-electron chi connectivity index (χ4n) is 2.63. The molecular formula is C16H18N2O4. The van der Waals surface area contributed by atoms with Crippen molar-refractivity contribution in [2.45, 2.75) is 18.6 Å². The quantitative estimate of drug-likeness (QED) is 0.865. The summed E-state index contributed by atoms with van der Waals surface area (Å²) in [6.07, 6.45) is 2.24. The average Bonchev–Trinajstić information content (AvgIpc) is 3.18. The fraction of sp³-hybridized carbons (Fsp3) is 0.375. The van der Waals surface area contributed by atoms with Gasteiger partial charge in [-0.15, -0.1) is 0 Å². The molecule has 1 aliphatic rings. The van der Waals surface area contributed by atoms with Gasteiger partial charge in [-0.25, -0.2) is 9.78 Å². The van der Waals surface area contributed by atoms with E-state index in [4.69, 9.17) is 9.15 Å². The second-order valence-electron chi connectivity index (χ2n) is 5.44. The molecule has 6 nitrogen and oxygen atoms in total. The summed E-state index contributed by atoms with van der Waals surface area (Å²) in [5.74, 6) is -0.276. The van der Waals surface area contributed by atoms with Crippen molar-refractivity contribution in [3.63, 3.8) is 0 Å². The molecule has 116 valence electrons. The minimum atomic E-state index is -1.35. The number of carbonyl (C=O) groups excluding carboxylic acids is 1. The summed E-state index contributed by atoms with van der Waals surface area (Å²) in [7, 11) is 1.97. The van der Waals surface area contributed by atoms with Crippen molar-refractivity contribution in [2.24, 2.45) is 0 Å². The van der Waals surface area contributed by atoms with Crippen LogP contribution in [0.3, 0.4) is 0 Å². The Kier molecular flexibility index (Phi) is 4.22. The minimum Gasteiger partial charge on any atom is -0.459 e. The first-order valence-corrected chi connectivity index (χ1v) is 7.21. The summed E-state index contributed by atoms with van der Waals surface area (Å²) in [5.41, 5.74) is 1.02. The van der Waals surface area contributed by atoms with Crippen LogP contribution in [0.15, 0.2) is 41.1 Å². The number of likely N-dealkylation sites (tertiary alicyclic amines) is 1. The zero-order chi connectivity index (χ0) is 15.5. The van der Waals surface area contributed by atoms with Crippen LogP contribution < -0.4 is 0 Å². The molecule has 1 unspecified atom stereocenters. The lowest BCUT2D eigenvalue weighted by Crippen LogP contribution is -2.25. The standard InChI is InChI=1S/C16H18N2O4/c1-18-8-6-11(10-18)22-16(20)14(19)12-4-2-3-5-13(12)15-17-7-9-21-15/h2-5,7,9,11,14,19H,6,8,10H2,1H3/t11-,14?/m1/s1. The third-order valence-electron chi connectivity index (χ3n) is 3.77. The first-order chi connectivity index (χ1) is 10.6. The Morgan fingerprint density at radius 2 is 2.32 bits per heavy atom. The first kappa shape index (κ1) is 14.7. The number of nitrogens with zero attached hydrogens (tertiary/aromatic N) is 2. The highest BCUT2D eigenvalue weighted by Crippen LogP contribution is 2.28. The van der Waals surface area contributed by atoms with Crippen molar-refractivity contribution >= 4 is 5.97 Å². The highest BCUT2D eigenvalue weighted by atomic mass is 16.6. The van der Waals surface area contributed by atoms with E-state index < -0.39 is 12.1 Å². The van der Waals surface area contributed by atoms with Gasteiger partial charge in [0.15, 0.2) is 6.10 Å². The van der Waals surface area contributed by atoms with E-state index in [2.05, 4.69) is 9.88 Å². The molecule has 0 saturated carbocycles. The van der Waals surface area contributed by atoms with E-state index in [-0.39, 0.29) is 6.10 Å². The average molecular weight is 302 g/mol. The van der Waals surface area contributed by atoms with Gasteiger partial charge in [0.1, 0.15) is 12.4 Å². The van der Waals surface area contributed by atoms with Gasteiger partial charge in [0.2, 0.25) is 5.89 Å². The number of benzene rings is 1. The van der Waals surface area contributed by atoms with Crippen molar-refractivity contribution < 1.29 is 19.1 Å². The summed E-state index contributed by atoms with van der Waals surface area (Å²) in [6, 6.07) is 6.97. The fourth-order valence-corrected chi connectivity index (χ4v) is 2.63. The largest absolute Gasteiger partial charge is 0.459 e. The molecule has 2 heterocycles. The molecule has 1 fully saturated rings. The van der Waals surface area contributed by atoms with Gasteiger partial charge in [0, 0.05) is 24.2 Å². The molecule has 1 aliphatic heterocycles. The Bertz CT molecular complexity index is 641. The Balaban J connectivity index is 1.77. The molecule has 3 rings (SSSR count).